The second kappa shape index (κ2) is 8.94. The van der Waals surface area contributed by atoms with Crippen LogP contribution >= 0.6 is 0 Å². The van der Waals surface area contributed by atoms with Crippen LogP contribution < -0.4 is 15.5 Å². The minimum Gasteiger partial charge on any atom is -0.353 e. The molecule has 204 valence electrons. The van der Waals surface area contributed by atoms with Crippen molar-refractivity contribution >= 4 is 39.6 Å². The molecule has 1 fully saturated rings. The Bertz CT molecular complexity index is 1800. The fourth-order valence-electron chi connectivity index (χ4n) is 6.17. The number of rotatable bonds is 5. The number of carbonyl (C=O) groups excluding carboxylic acids is 2. The molecule has 0 unspecified atom stereocenters. The number of urea groups is 1. The number of nitrogens with one attached hydrogen (secondary N) is 3. The number of H-pyrrole nitrogens is 1. The van der Waals surface area contributed by atoms with Crippen molar-refractivity contribution in [2.75, 3.05) is 4.90 Å². The lowest BCUT2D eigenvalue weighted by molar-refractivity contribution is -0.120. The van der Waals surface area contributed by atoms with E-state index < -0.39 is 0 Å². The highest BCUT2D eigenvalue weighted by Gasteiger charge is 2.41. The van der Waals surface area contributed by atoms with Crippen molar-refractivity contribution in [1.29, 1.82) is 0 Å². The zero-order valence-electron chi connectivity index (χ0n) is 22.9. The topological polar surface area (TPSA) is 126 Å². The second-order valence-corrected chi connectivity index (χ2v) is 11.1. The maximum Gasteiger partial charge on any atom is 0.322 e. The highest BCUT2D eigenvalue weighted by molar-refractivity contribution is 6.14. The first kappa shape index (κ1) is 24.4. The van der Waals surface area contributed by atoms with Gasteiger partial charge in [-0.3, -0.25) is 19.1 Å². The first-order chi connectivity index (χ1) is 19.3. The molecular formula is C29H31N9O2. The molecule has 11 nitrogen and oxygen atoms in total. The van der Waals surface area contributed by atoms with Crippen molar-refractivity contribution in [3.8, 4) is 22.4 Å². The summed E-state index contributed by atoms with van der Waals surface area (Å²) in [6.07, 6.45) is 8.96. The highest BCUT2D eigenvalue weighted by Crippen LogP contribution is 2.46. The number of pyridine rings is 1. The maximum absolute atomic E-state index is 13.4. The van der Waals surface area contributed by atoms with Crippen molar-refractivity contribution in [3.63, 3.8) is 0 Å². The number of hydrogen-bond acceptors (Lipinski definition) is 5. The van der Waals surface area contributed by atoms with E-state index in [1.54, 1.807) is 4.68 Å². The van der Waals surface area contributed by atoms with Gasteiger partial charge in [0.15, 0.2) is 0 Å². The number of nitrogens with zero attached hydrogens (tertiary/aromatic N) is 6. The molecule has 3 amide bonds. The van der Waals surface area contributed by atoms with Gasteiger partial charge in [-0.25, -0.2) is 9.78 Å². The van der Waals surface area contributed by atoms with E-state index in [0.29, 0.717) is 25.0 Å². The van der Waals surface area contributed by atoms with E-state index in [9.17, 15) is 9.59 Å². The summed E-state index contributed by atoms with van der Waals surface area (Å²) in [5.74, 6) is -0.0521. The smallest absolute Gasteiger partial charge is 0.322 e. The molecule has 11 heteroatoms. The predicted octanol–water partition coefficient (Wildman–Crippen LogP) is 4.26. The van der Waals surface area contributed by atoms with Crippen molar-refractivity contribution in [3.05, 3.63) is 48.5 Å². The lowest BCUT2D eigenvalue weighted by atomic mass is 9.84. The van der Waals surface area contributed by atoms with Crippen LogP contribution in [0.25, 0.3) is 44.3 Å². The molecule has 40 heavy (non-hydrogen) atoms. The van der Waals surface area contributed by atoms with E-state index in [2.05, 4.69) is 57.9 Å². The first-order valence-electron chi connectivity index (χ1n) is 13.6. The standard InChI is InChI=1S/C29H31N9O2/c1-15(2)38-23-6-5-17(7-18(23)12-33-38)24-25-27-19(10-30-28(25)35-26(24)20-13-32-36(4)14-20)11-31-29(40)37(27)22-8-21(9-22)34-16(3)39/h5-7,10,12-15,21-22H,8-9,11H2,1-4H3,(H,30,35)(H,31,40)(H,34,39). The molecule has 0 radical (unpaired) electrons. The summed E-state index contributed by atoms with van der Waals surface area (Å²) < 4.78 is 3.80. The van der Waals surface area contributed by atoms with Gasteiger partial charge in [0.05, 0.1) is 34.7 Å². The zero-order valence-corrected chi connectivity index (χ0v) is 22.9. The SMILES string of the molecule is CC(=O)NC1CC(N2C(=O)NCc3cnc4[nH]c(-c5cnn(C)c5)c(-c5ccc6c(cnn6C(C)C)c5)c4c32)C1. The largest absolute Gasteiger partial charge is 0.353 e. The average molecular weight is 538 g/mol. The van der Waals surface area contributed by atoms with Crippen LogP contribution in [0.3, 0.4) is 0 Å². The van der Waals surface area contributed by atoms with Crippen molar-refractivity contribution in [1.82, 2.24) is 40.2 Å². The molecule has 0 saturated heterocycles. The van der Waals surface area contributed by atoms with Gasteiger partial charge in [-0.05, 0) is 44.4 Å². The lowest BCUT2D eigenvalue weighted by Gasteiger charge is -2.45. The molecule has 0 atom stereocenters. The van der Waals surface area contributed by atoms with Crippen LogP contribution in [-0.2, 0) is 18.4 Å². The molecule has 0 bridgehead atoms. The number of anilines is 1. The van der Waals surface area contributed by atoms with E-state index >= 15 is 0 Å². The molecule has 1 saturated carbocycles. The third-order valence-corrected chi connectivity index (χ3v) is 8.01. The Morgan fingerprint density at radius 1 is 1.12 bits per heavy atom. The number of aromatic amines is 1. The number of fused-ring (bicyclic) bond motifs is 4. The van der Waals surface area contributed by atoms with E-state index in [1.165, 1.54) is 6.92 Å². The highest BCUT2D eigenvalue weighted by atomic mass is 16.2. The van der Waals surface area contributed by atoms with Gasteiger partial charge in [-0.1, -0.05) is 6.07 Å². The number of aryl methyl sites for hydroxylation is 1. The molecule has 1 aliphatic carbocycles. The van der Waals surface area contributed by atoms with Gasteiger partial charge in [0, 0.05) is 73.1 Å². The van der Waals surface area contributed by atoms with Crippen molar-refractivity contribution in [2.24, 2.45) is 7.05 Å². The number of benzene rings is 1. The van der Waals surface area contributed by atoms with Gasteiger partial charge in [-0.2, -0.15) is 10.2 Å². The Labute approximate surface area is 230 Å². The van der Waals surface area contributed by atoms with E-state index in [4.69, 9.17) is 4.98 Å². The summed E-state index contributed by atoms with van der Waals surface area (Å²) in [7, 11) is 1.90. The normalized spacial score (nSPS) is 18.7. The maximum atomic E-state index is 13.4. The fourth-order valence-corrected chi connectivity index (χ4v) is 6.17. The van der Waals surface area contributed by atoms with E-state index in [-0.39, 0.29) is 30.1 Å². The minimum absolute atomic E-state index is 0.0298. The van der Waals surface area contributed by atoms with Gasteiger partial charge in [0.2, 0.25) is 5.91 Å². The molecule has 5 heterocycles. The Balaban J connectivity index is 1.45. The molecule has 1 aromatic carbocycles. The molecule has 4 aromatic heterocycles. The molecule has 0 spiro atoms. The number of aromatic nitrogens is 6. The van der Waals surface area contributed by atoms with Crippen LogP contribution in [0.5, 0.6) is 0 Å². The van der Waals surface area contributed by atoms with E-state index in [1.807, 2.05) is 41.4 Å². The van der Waals surface area contributed by atoms with Gasteiger partial charge in [0.25, 0.3) is 0 Å². The Morgan fingerprint density at radius 3 is 2.67 bits per heavy atom. The quantitative estimate of drug-likeness (QED) is 0.309. The summed E-state index contributed by atoms with van der Waals surface area (Å²) in [5, 5.41) is 17.0. The molecular weight excluding hydrogens is 506 g/mol. The molecule has 3 N–H and O–H groups in total. The van der Waals surface area contributed by atoms with Gasteiger partial charge >= 0.3 is 6.03 Å². The summed E-state index contributed by atoms with van der Waals surface area (Å²) >= 11 is 0. The number of amides is 3. The molecule has 1 aliphatic heterocycles. The van der Waals surface area contributed by atoms with E-state index in [0.717, 1.165) is 49.9 Å². The molecule has 5 aromatic rings. The van der Waals surface area contributed by atoms with Crippen LogP contribution in [0.4, 0.5) is 10.5 Å². The monoisotopic (exact) mass is 537 g/mol. The third-order valence-electron chi connectivity index (χ3n) is 8.01. The summed E-state index contributed by atoms with van der Waals surface area (Å²) in [6, 6.07) is 6.54. The summed E-state index contributed by atoms with van der Waals surface area (Å²) in [4.78, 5) is 35.3. The Morgan fingerprint density at radius 2 is 1.95 bits per heavy atom. The Kier molecular flexibility index (Phi) is 5.45. The van der Waals surface area contributed by atoms with Crippen molar-refractivity contribution < 1.29 is 9.59 Å². The van der Waals surface area contributed by atoms with Gasteiger partial charge < -0.3 is 15.6 Å². The minimum atomic E-state index is -0.130. The van der Waals surface area contributed by atoms with Gasteiger partial charge in [-0.15, -0.1) is 0 Å². The van der Waals surface area contributed by atoms with Crippen LogP contribution in [0.1, 0.15) is 45.2 Å². The third kappa shape index (κ3) is 3.75. The summed E-state index contributed by atoms with van der Waals surface area (Å²) in [5.41, 5.74) is 7.43. The van der Waals surface area contributed by atoms with Crippen molar-refractivity contribution in [2.45, 2.75) is 58.3 Å². The lowest BCUT2D eigenvalue weighted by Crippen LogP contribution is -2.59. The van der Waals surface area contributed by atoms with Crippen LogP contribution in [-0.4, -0.2) is 53.6 Å². The zero-order chi connectivity index (χ0) is 27.7. The Hall–Kier alpha value is -4.67. The predicted molar refractivity (Wildman–Crippen MR) is 153 cm³/mol. The second-order valence-electron chi connectivity index (χ2n) is 11.1. The number of carbonyl (C=O) groups is 2. The molecule has 7 rings (SSSR count). The molecule has 2 aliphatic rings. The van der Waals surface area contributed by atoms with Crippen LogP contribution in [0.15, 0.2) is 43.0 Å². The van der Waals surface area contributed by atoms with Gasteiger partial charge in [0.1, 0.15) is 5.65 Å². The fraction of sp³-hybridized carbons (Fsp3) is 0.345. The number of hydrogen-bond donors (Lipinski definition) is 3. The average Bonchev–Trinajstić information content (AvgIpc) is 3.62. The van der Waals surface area contributed by atoms with Crippen LogP contribution in [0.2, 0.25) is 0 Å². The van der Waals surface area contributed by atoms with Crippen LogP contribution in [0, 0.1) is 0 Å². The summed E-state index contributed by atoms with van der Waals surface area (Å²) in [6.45, 7) is 6.17. The first-order valence-corrected chi connectivity index (χ1v) is 13.6.